The first-order valence-electron chi connectivity index (χ1n) is 4.18. The van der Waals surface area contributed by atoms with Crippen LogP contribution in [0.4, 0.5) is 0 Å². The molecule has 0 bridgehead atoms. The van der Waals surface area contributed by atoms with Crippen LogP contribution in [0.3, 0.4) is 0 Å². The quantitative estimate of drug-likeness (QED) is 0.720. The molecule has 0 aliphatic heterocycles. The molecule has 1 aromatic rings. The maximum absolute atomic E-state index is 9.29. The van der Waals surface area contributed by atoms with Crippen molar-refractivity contribution in [2.24, 2.45) is 0 Å². The Hall–Kier alpha value is -0.950. The molecule has 0 spiro atoms. The van der Waals surface area contributed by atoms with Crippen molar-refractivity contribution in [2.75, 3.05) is 5.88 Å². The SMILES string of the molecule is Cc1cc(O)cc(C)c1C=CCCl. The second-order valence-corrected chi connectivity index (χ2v) is 3.36. The number of hydrogen-bond acceptors (Lipinski definition) is 1. The molecule has 1 nitrogen and oxygen atoms in total. The number of benzene rings is 1. The molecule has 0 fully saturated rings. The Balaban J connectivity index is 3.13. The van der Waals surface area contributed by atoms with Gasteiger partial charge in [0.15, 0.2) is 0 Å². The van der Waals surface area contributed by atoms with Gasteiger partial charge in [0, 0.05) is 5.88 Å². The highest BCUT2D eigenvalue weighted by molar-refractivity contribution is 6.19. The predicted molar refractivity (Wildman–Crippen MR) is 57.3 cm³/mol. The van der Waals surface area contributed by atoms with Crippen LogP contribution < -0.4 is 0 Å². The molecule has 1 aromatic carbocycles. The van der Waals surface area contributed by atoms with Crippen LogP contribution in [0.25, 0.3) is 6.08 Å². The van der Waals surface area contributed by atoms with E-state index in [0.717, 1.165) is 16.7 Å². The van der Waals surface area contributed by atoms with Crippen molar-refractivity contribution >= 4 is 17.7 Å². The number of aryl methyl sites for hydroxylation is 2. The molecule has 0 aromatic heterocycles. The number of alkyl halides is 1. The van der Waals surface area contributed by atoms with Crippen LogP contribution in [0, 0.1) is 13.8 Å². The molecule has 0 aliphatic rings. The van der Waals surface area contributed by atoms with E-state index in [9.17, 15) is 5.11 Å². The van der Waals surface area contributed by atoms with Gasteiger partial charge in [0.25, 0.3) is 0 Å². The third-order valence-electron chi connectivity index (χ3n) is 1.95. The minimum absolute atomic E-state index is 0.318. The lowest BCUT2D eigenvalue weighted by Crippen LogP contribution is -1.86. The number of rotatable bonds is 2. The zero-order valence-corrected chi connectivity index (χ0v) is 8.60. The summed E-state index contributed by atoms with van der Waals surface area (Å²) in [4.78, 5) is 0. The molecule has 1 N–H and O–H groups in total. The molecular formula is C11H13ClO. The van der Waals surface area contributed by atoms with Crippen molar-refractivity contribution < 1.29 is 5.11 Å². The van der Waals surface area contributed by atoms with Crippen molar-refractivity contribution in [3.05, 3.63) is 34.9 Å². The molecule has 13 heavy (non-hydrogen) atoms. The molecule has 0 unspecified atom stereocenters. The van der Waals surface area contributed by atoms with Crippen LogP contribution in [0.2, 0.25) is 0 Å². The molecule has 1 rings (SSSR count). The maximum Gasteiger partial charge on any atom is 0.116 e. The first kappa shape index (κ1) is 10.1. The van der Waals surface area contributed by atoms with Gasteiger partial charge in [0.2, 0.25) is 0 Å². The molecule has 0 saturated heterocycles. The summed E-state index contributed by atoms with van der Waals surface area (Å²) in [7, 11) is 0. The van der Waals surface area contributed by atoms with Gasteiger partial charge < -0.3 is 5.11 Å². The summed E-state index contributed by atoms with van der Waals surface area (Å²) in [5.74, 6) is 0.831. The molecular weight excluding hydrogens is 184 g/mol. The van der Waals surface area contributed by atoms with Crippen LogP contribution in [0.5, 0.6) is 5.75 Å². The highest BCUT2D eigenvalue weighted by Gasteiger charge is 2.00. The normalized spacial score (nSPS) is 11.0. The van der Waals surface area contributed by atoms with E-state index in [2.05, 4.69) is 0 Å². The smallest absolute Gasteiger partial charge is 0.116 e. The number of halogens is 1. The number of hydrogen-bond donors (Lipinski definition) is 1. The largest absolute Gasteiger partial charge is 0.508 e. The Kier molecular flexibility index (Phi) is 3.38. The minimum Gasteiger partial charge on any atom is -0.508 e. The zero-order valence-electron chi connectivity index (χ0n) is 7.84. The highest BCUT2D eigenvalue weighted by atomic mass is 35.5. The van der Waals surface area contributed by atoms with E-state index in [-0.39, 0.29) is 0 Å². The lowest BCUT2D eigenvalue weighted by atomic mass is 10.0. The van der Waals surface area contributed by atoms with Gasteiger partial charge in [-0.25, -0.2) is 0 Å². The maximum atomic E-state index is 9.29. The highest BCUT2D eigenvalue weighted by Crippen LogP contribution is 2.21. The Bertz CT molecular complexity index is 306. The van der Waals surface area contributed by atoms with Crippen molar-refractivity contribution in [1.82, 2.24) is 0 Å². The van der Waals surface area contributed by atoms with E-state index in [1.807, 2.05) is 26.0 Å². The molecule has 0 atom stereocenters. The van der Waals surface area contributed by atoms with Crippen molar-refractivity contribution in [3.63, 3.8) is 0 Å². The lowest BCUT2D eigenvalue weighted by Gasteiger charge is -2.05. The fraction of sp³-hybridized carbons (Fsp3) is 0.273. The molecule has 0 amide bonds. The molecule has 0 saturated carbocycles. The summed E-state index contributed by atoms with van der Waals surface area (Å²) in [6.07, 6.45) is 3.88. The Morgan fingerprint density at radius 2 is 1.85 bits per heavy atom. The van der Waals surface area contributed by atoms with Gasteiger partial charge in [-0.05, 0) is 42.7 Å². The van der Waals surface area contributed by atoms with Crippen molar-refractivity contribution in [1.29, 1.82) is 0 Å². The van der Waals surface area contributed by atoms with E-state index in [1.54, 1.807) is 12.1 Å². The first-order chi connectivity index (χ1) is 6.15. The van der Waals surface area contributed by atoms with Crippen molar-refractivity contribution in [3.8, 4) is 5.75 Å². The summed E-state index contributed by atoms with van der Waals surface area (Å²) in [6, 6.07) is 3.50. The summed E-state index contributed by atoms with van der Waals surface area (Å²) >= 11 is 5.55. The van der Waals surface area contributed by atoms with Gasteiger partial charge >= 0.3 is 0 Å². The average Bonchev–Trinajstić information content (AvgIpc) is 2.02. The summed E-state index contributed by atoms with van der Waals surface area (Å²) in [5.41, 5.74) is 3.27. The van der Waals surface area contributed by atoms with Gasteiger partial charge in [-0.2, -0.15) is 0 Å². The molecule has 0 aliphatic carbocycles. The van der Waals surface area contributed by atoms with Crippen LogP contribution in [-0.2, 0) is 0 Å². The Labute approximate surface area is 83.7 Å². The van der Waals surface area contributed by atoms with Crippen LogP contribution in [-0.4, -0.2) is 11.0 Å². The van der Waals surface area contributed by atoms with E-state index in [0.29, 0.717) is 11.6 Å². The molecule has 70 valence electrons. The number of allylic oxidation sites excluding steroid dienone is 1. The lowest BCUT2D eigenvalue weighted by molar-refractivity contribution is 0.474. The minimum atomic E-state index is 0.318. The van der Waals surface area contributed by atoms with Gasteiger partial charge in [0.1, 0.15) is 5.75 Å². The molecule has 2 heteroatoms. The second kappa shape index (κ2) is 4.33. The van der Waals surface area contributed by atoms with Gasteiger partial charge in [-0.15, -0.1) is 11.6 Å². The van der Waals surface area contributed by atoms with E-state index in [4.69, 9.17) is 11.6 Å². The van der Waals surface area contributed by atoms with E-state index < -0.39 is 0 Å². The van der Waals surface area contributed by atoms with Gasteiger partial charge in [-0.3, -0.25) is 0 Å². The van der Waals surface area contributed by atoms with E-state index in [1.165, 1.54) is 0 Å². The third-order valence-corrected chi connectivity index (χ3v) is 2.13. The van der Waals surface area contributed by atoms with Crippen molar-refractivity contribution in [2.45, 2.75) is 13.8 Å². The fourth-order valence-corrected chi connectivity index (χ4v) is 1.47. The van der Waals surface area contributed by atoms with Crippen LogP contribution in [0.1, 0.15) is 16.7 Å². The van der Waals surface area contributed by atoms with Gasteiger partial charge in [0.05, 0.1) is 0 Å². The van der Waals surface area contributed by atoms with Crippen LogP contribution >= 0.6 is 11.6 Å². The standard InChI is InChI=1S/C11H13ClO/c1-8-6-10(13)7-9(2)11(8)4-3-5-12/h3-4,6-7,13H,5H2,1-2H3. The average molecular weight is 197 g/mol. The fourth-order valence-electron chi connectivity index (χ4n) is 1.38. The summed E-state index contributed by atoms with van der Waals surface area (Å²) in [6.45, 7) is 3.95. The molecule has 0 radical (unpaired) electrons. The predicted octanol–water partition coefficient (Wildman–Crippen LogP) is 3.26. The van der Waals surface area contributed by atoms with Crippen LogP contribution in [0.15, 0.2) is 18.2 Å². The monoisotopic (exact) mass is 196 g/mol. The zero-order chi connectivity index (χ0) is 9.84. The number of phenolic OH excluding ortho intramolecular Hbond substituents is 1. The summed E-state index contributed by atoms with van der Waals surface area (Å²) < 4.78 is 0. The first-order valence-corrected chi connectivity index (χ1v) is 4.71. The summed E-state index contributed by atoms with van der Waals surface area (Å²) in [5, 5.41) is 9.29. The second-order valence-electron chi connectivity index (χ2n) is 3.05. The third kappa shape index (κ3) is 2.49. The molecule has 0 heterocycles. The van der Waals surface area contributed by atoms with Gasteiger partial charge in [-0.1, -0.05) is 12.2 Å². The topological polar surface area (TPSA) is 20.2 Å². The number of phenols is 1. The van der Waals surface area contributed by atoms with E-state index >= 15 is 0 Å². The Morgan fingerprint density at radius 1 is 1.31 bits per heavy atom. The Morgan fingerprint density at radius 3 is 2.31 bits per heavy atom. The number of aromatic hydroxyl groups is 1.